The molecule has 0 aliphatic carbocycles. The van der Waals surface area contributed by atoms with Gasteiger partial charge in [0.15, 0.2) is 0 Å². The number of carbonyl (C=O) groups is 2. The molecule has 3 heterocycles. The van der Waals surface area contributed by atoms with E-state index in [1.807, 2.05) is 36.8 Å². The van der Waals surface area contributed by atoms with Crippen LogP contribution in [-0.4, -0.2) is 88.9 Å². The molecule has 2 fully saturated rings. The number of hydrogen-bond acceptors (Lipinski definition) is 5. The Morgan fingerprint density at radius 1 is 1.30 bits per heavy atom. The SMILES string of the molecule is CCCn1cc(C(=O)N2CCC3(CC2)CN(CCN(C)C)C(=O)O3)c(C)n1. The molecule has 2 saturated heterocycles. The fraction of sp³-hybridized carbons (Fsp3) is 0.737. The lowest BCUT2D eigenvalue weighted by molar-refractivity contribution is 0.00311. The Bertz CT molecular complexity index is 692. The van der Waals surface area contributed by atoms with Gasteiger partial charge in [0.25, 0.3) is 5.91 Å². The Morgan fingerprint density at radius 2 is 2.00 bits per heavy atom. The Balaban J connectivity index is 1.59. The molecule has 0 N–H and O–H groups in total. The van der Waals surface area contributed by atoms with Crippen molar-refractivity contribution in [2.45, 2.75) is 45.3 Å². The molecular formula is C19H31N5O3. The summed E-state index contributed by atoms with van der Waals surface area (Å²) in [5.74, 6) is 0.0264. The zero-order chi connectivity index (χ0) is 19.6. The molecule has 0 unspecified atom stereocenters. The Labute approximate surface area is 161 Å². The first kappa shape index (κ1) is 19.7. The van der Waals surface area contributed by atoms with Crippen molar-refractivity contribution < 1.29 is 14.3 Å². The van der Waals surface area contributed by atoms with Crippen LogP contribution in [-0.2, 0) is 11.3 Å². The summed E-state index contributed by atoms with van der Waals surface area (Å²) < 4.78 is 7.58. The largest absolute Gasteiger partial charge is 0.441 e. The van der Waals surface area contributed by atoms with Crippen molar-refractivity contribution in [1.29, 1.82) is 0 Å². The highest BCUT2D eigenvalue weighted by Crippen LogP contribution is 2.33. The maximum Gasteiger partial charge on any atom is 0.410 e. The monoisotopic (exact) mass is 377 g/mol. The summed E-state index contributed by atoms with van der Waals surface area (Å²) >= 11 is 0. The first-order valence-corrected chi connectivity index (χ1v) is 9.79. The third-order valence-electron chi connectivity index (χ3n) is 5.45. The van der Waals surface area contributed by atoms with Crippen molar-refractivity contribution in [3.63, 3.8) is 0 Å². The molecule has 0 aromatic carbocycles. The highest BCUT2D eigenvalue weighted by Gasteiger charge is 2.47. The number of ether oxygens (including phenoxy) is 1. The van der Waals surface area contributed by atoms with E-state index in [4.69, 9.17) is 4.74 Å². The van der Waals surface area contributed by atoms with E-state index in [-0.39, 0.29) is 12.0 Å². The van der Waals surface area contributed by atoms with Gasteiger partial charge < -0.3 is 19.4 Å². The van der Waals surface area contributed by atoms with Crippen LogP contribution in [0.4, 0.5) is 4.79 Å². The highest BCUT2D eigenvalue weighted by molar-refractivity contribution is 5.95. The highest BCUT2D eigenvalue weighted by atomic mass is 16.6. The minimum absolute atomic E-state index is 0.0264. The number of aryl methyl sites for hydroxylation is 2. The molecule has 2 aliphatic heterocycles. The fourth-order valence-electron chi connectivity index (χ4n) is 3.80. The second-order valence-corrected chi connectivity index (χ2v) is 7.96. The molecule has 0 bridgehead atoms. The zero-order valence-corrected chi connectivity index (χ0v) is 16.9. The van der Waals surface area contributed by atoms with Crippen LogP contribution < -0.4 is 0 Å². The molecular weight excluding hydrogens is 346 g/mol. The summed E-state index contributed by atoms with van der Waals surface area (Å²) in [6.45, 7) is 8.10. The number of likely N-dealkylation sites (N-methyl/N-ethyl adjacent to an activating group) is 1. The molecule has 0 radical (unpaired) electrons. The minimum atomic E-state index is -0.443. The summed E-state index contributed by atoms with van der Waals surface area (Å²) in [5, 5.41) is 4.43. The van der Waals surface area contributed by atoms with Crippen LogP contribution in [0.3, 0.4) is 0 Å². The number of nitrogens with zero attached hydrogens (tertiary/aromatic N) is 5. The normalized spacial score (nSPS) is 19.2. The number of piperidine rings is 1. The predicted molar refractivity (Wildman–Crippen MR) is 102 cm³/mol. The summed E-state index contributed by atoms with van der Waals surface area (Å²) in [4.78, 5) is 30.8. The van der Waals surface area contributed by atoms with E-state index in [2.05, 4.69) is 16.9 Å². The smallest absolute Gasteiger partial charge is 0.410 e. The van der Waals surface area contributed by atoms with Crippen molar-refractivity contribution >= 4 is 12.0 Å². The first-order chi connectivity index (χ1) is 12.8. The van der Waals surface area contributed by atoms with Crippen LogP contribution in [0.1, 0.15) is 42.2 Å². The molecule has 1 aromatic rings. The lowest BCUT2D eigenvalue weighted by Crippen LogP contribution is -2.49. The van der Waals surface area contributed by atoms with E-state index in [9.17, 15) is 9.59 Å². The molecule has 2 amide bonds. The second-order valence-electron chi connectivity index (χ2n) is 7.96. The summed E-state index contributed by atoms with van der Waals surface area (Å²) in [7, 11) is 3.98. The topological polar surface area (TPSA) is 70.9 Å². The third kappa shape index (κ3) is 4.26. The molecule has 0 saturated carbocycles. The third-order valence-corrected chi connectivity index (χ3v) is 5.45. The van der Waals surface area contributed by atoms with Crippen molar-refractivity contribution in [3.8, 4) is 0 Å². The Kier molecular flexibility index (Phi) is 5.74. The molecule has 1 spiro atoms. The zero-order valence-electron chi connectivity index (χ0n) is 16.9. The number of amides is 2. The number of hydrogen-bond donors (Lipinski definition) is 0. The average Bonchev–Trinajstić information content (AvgIpc) is 3.13. The maximum atomic E-state index is 12.9. The van der Waals surface area contributed by atoms with Gasteiger partial charge >= 0.3 is 6.09 Å². The van der Waals surface area contributed by atoms with Crippen LogP contribution in [0.25, 0.3) is 0 Å². The van der Waals surface area contributed by atoms with Crippen molar-refractivity contribution in [1.82, 2.24) is 24.5 Å². The molecule has 1 aromatic heterocycles. The van der Waals surface area contributed by atoms with E-state index in [0.717, 1.165) is 25.2 Å². The first-order valence-electron chi connectivity index (χ1n) is 9.79. The van der Waals surface area contributed by atoms with Crippen LogP contribution in [0.2, 0.25) is 0 Å². The van der Waals surface area contributed by atoms with Gasteiger partial charge in [0.05, 0.1) is 17.8 Å². The standard InChI is InChI=1S/C19H31N5O3/c1-5-8-24-13-16(15(2)20-24)17(25)22-9-6-19(7-10-22)14-23(18(26)27-19)12-11-21(3)4/h13H,5-12,14H2,1-4H3. The van der Waals surface area contributed by atoms with E-state index in [1.165, 1.54) is 0 Å². The molecule has 27 heavy (non-hydrogen) atoms. The molecule has 8 heteroatoms. The van der Waals surface area contributed by atoms with Crippen molar-refractivity contribution in [2.75, 3.05) is 46.8 Å². The van der Waals surface area contributed by atoms with Gasteiger partial charge in [-0.05, 0) is 27.4 Å². The van der Waals surface area contributed by atoms with E-state index in [0.29, 0.717) is 44.6 Å². The lowest BCUT2D eigenvalue weighted by Gasteiger charge is -2.37. The van der Waals surface area contributed by atoms with Crippen LogP contribution in [0, 0.1) is 6.92 Å². The lowest BCUT2D eigenvalue weighted by atomic mass is 9.91. The van der Waals surface area contributed by atoms with Crippen LogP contribution >= 0.6 is 0 Å². The Hall–Kier alpha value is -2.09. The van der Waals surface area contributed by atoms with Crippen LogP contribution in [0.15, 0.2) is 6.20 Å². The predicted octanol–water partition coefficient (Wildman–Crippen LogP) is 1.59. The summed E-state index contributed by atoms with van der Waals surface area (Å²) in [5.41, 5.74) is 1.01. The quantitative estimate of drug-likeness (QED) is 0.753. The fourth-order valence-corrected chi connectivity index (χ4v) is 3.80. The Morgan fingerprint density at radius 3 is 2.63 bits per heavy atom. The van der Waals surface area contributed by atoms with E-state index < -0.39 is 5.60 Å². The second kappa shape index (κ2) is 7.88. The molecule has 8 nitrogen and oxygen atoms in total. The molecule has 2 aliphatic rings. The number of rotatable bonds is 6. The molecule has 3 rings (SSSR count). The maximum absolute atomic E-state index is 12.9. The van der Waals surface area contributed by atoms with Gasteiger partial charge in [-0.25, -0.2) is 4.79 Å². The molecule has 150 valence electrons. The van der Waals surface area contributed by atoms with E-state index in [1.54, 1.807) is 4.90 Å². The minimum Gasteiger partial charge on any atom is -0.441 e. The van der Waals surface area contributed by atoms with Crippen LogP contribution in [0.5, 0.6) is 0 Å². The number of carbonyl (C=O) groups excluding carboxylic acids is 2. The van der Waals surface area contributed by atoms with Gasteiger partial charge in [0.1, 0.15) is 5.60 Å². The van der Waals surface area contributed by atoms with Gasteiger partial charge in [0, 0.05) is 51.8 Å². The van der Waals surface area contributed by atoms with E-state index >= 15 is 0 Å². The molecule has 0 atom stereocenters. The van der Waals surface area contributed by atoms with Gasteiger partial charge in [0.2, 0.25) is 0 Å². The van der Waals surface area contributed by atoms with Gasteiger partial charge in [-0.3, -0.25) is 9.48 Å². The van der Waals surface area contributed by atoms with Gasteiger partial charge in [-0.15, -0.1) is 0 Å². The number of aromatic nitrogens is 2. The van der Waals surface area contributed by atoms with Gasteiger partial charge in [-0.2, -0.15) is 5.10 Å². The van der Waals surface area contributed by atoms with Gasteiger partial charge in [-0.1, -0.05) is 6.92 Å². The average molecular weight is 377 g/mol. The summed E-state index contributed by atoms with van der Waals surface area (Å²) in [6, 6.07) is 0. The number of likely N-dealkylation sites (tertiary alicyclic amines) is 1. The van der Waals surface area contributed by atoms with Crippen molar-refractivity contribution in [3.05, 3.63) is 17.5 Å². The van der Waals surface area contributed by atoms with Crippen molar-refractivity contribution in [2.24, 2.45) is 0 Å². The summed E-state index contributed by atoms with van der Waals surface area (Å²) in [6.07, 6.45) is 3.98.